The van der Waals surface area contributed by atoms with Crippen LogP contribution in [0.3, 0.4) is 0 Å². The molecule has 1 rings (SSSR count). The molecule has 6 heteroatoms. The Balaban J connectivity index is 2.77. The van der Waals surface area contributed by atoms with Crippen molar-refractivity contribution >= 4 is 5.97 Å². The molecule has 0 aliphatic heterocycles. The van der Waals surface area contributed by atoms with Gasteiger partial charge in [-0.15, -0.1) is 0 Å². The molecule has 0 radical (unpaired) electrons. The minimum atomic E-state index is -1.03. The van der Waals surface area contributed by atoms with Crippen molar-refractivity contribution in [2.75, 3.05) is 7.11 Å². The first-order valence-electron chi connectivity index (χ1n) is 5.85. The van der Waals surface area contributed by atoms with Crippen LogP contribution >= 0.6 is 0 Å². The Bertz CT molecular complexity index is 440. The lowest BCUT2D eigenvalue weighted by Crippen LogP contribution is -2.41. The number of carbonyl (C=O) groups excluding carboxylic acids is 1. The summed E-state index contributed by atoms with van der Waals surface area (Å²) in [4.78, 5) is 11.5. The van der Waals surface area contributed by atoms with E-state index in [0.29, 0.717) is 5.56 Å². The topological polar surface area (TPSA) is 58.6 Å². The molecule has 0 fully saturated rings. The highest BCUT2D eigenvalue weighted by molar-refractivity contribution is 5.75. The summed E-state index contributed by atoms with van der Waals surface area (Å²) in [5.41, 5.74) is 0.294. The number of ether oxygens (including phenoxy) is 1. The second-order valence-electron chi connectivity index (χ2n) is 4.53. The van der Waals surface area contributed by atoms with Crippen LogP contribution in [0.15, 0.2) is 12.1 Å². The number of rotatable bonds is 5. The molecular weight excluding hydrogens is 256 g/mol. The fourth-order valence-corrected chi connectivity index (χ4v) is 1.67. The van der Waals surface area contributed by atoms with Gasteiger partial charge in [-0.3, -0.25) is 4.79 Å². The first kappa shape index (κ1) is 15.4. The van der Waals surface area contributed by atoms with Gasteiger partial charge in [0.2, 0.25) is 0 Å². The zero-order chi connectivity index (χ0) is 14.6. The summed E-state index contributed by atoms with van der Waals surface area (Å²) in [5.74, 6) is -3.53. The van der Waals surface area contributed by atoms with Crippen LogP contribution in [0.25, 0.3) is 0 Å². The molecule has 4 nitrogen and oxygen atoms in total. The van der Waals surface area contributed by atoms with Crippen LogP contribution in [0.2, 0.25) is 0 Å². The summed E-state index contributed by atoms with van der Waals surface area (Å²) in [6.45, 7) is 3.74. The SMILES string of the molecule is COC(=O)C(NCc1cc(F)c(O)c(F)c1)C(C)C. The Morgan fingerprint density at radius 3 is 2.32 bits per heavy atom. The lowest BCUT2D eigenvalue weighted by molar-refractivity contribution is -0.144. The minimum absolute atomic E-state index is 0.0285. The van der Waals surface area contributed by atoms with Crippen LogP contribution in [-0.2, 0) is 16.1 Å². The van der Waals surface area contributed by atoms with Gasteiger partial charge in [0.25, 0.3) is 0 Å². The van der Waals surface area contributed by atoms with Crippen molar-refractivity contribution in [2.45, 2.75) is 26.4 Å². The number of nitrogens with one attached hydrogen (secondary N) is 1. The smallest absolute Gasteiger partial charge is 0.323 e. The molecule has 1 atom stereocenters. The standard InChI is InChI=1S/C13H17F2NO3/c1-7(2)11(13(18)19-3)16-6-8-4-9(14)12(17)10(15)5-8/h4-5,7,11,16-17H,6H2,1-3H3. The normalized spacial score (nSPS) is 12.5. The summed E-state index contributed by atoms with van der Waals surface area (Å²) >= 11 is 0. The van der Waals surface area contributed by atoms with E-state index >= 15 is 0 Å². The Kier molecular flexibility index (Phi) is 5.23. The summed E-state index contributed by atoms with van der Waals surface area (Å²) < 4.78 is 30.9. The van der Waals surface area contributed by atoms with Gasteiger partial charge in [0.1, 0.15) is 6.04 Å². The lowest BCUT2D eigenvalue weighted by Gasteiger charge is -2.19. The number of benzene rings is 1. The van der Waals surface area contributed by atoms with Gasteiger partial charge < -0.3 is 15.2 Å². The van der Waals surface area contributed by atoms with Crippen molar-refractivity contribution < 1.29 is 23.4 Å². The number of halogens is 2. The maximum Gasteiger partial charge on any atom is 0.323 e. The van der Waals surface area contributed by atoms with Crippen LogP contribution in [0, 0.1) is 17.6 Å². The summed E-state index contributed by atoms with van der Waals surface area (Å²) in [7, 11) is 1.28. The van der Waals surface area contributed by atoms with Gasteiger partial charge in [-0.05, 0) is 23.6 Å². The monoisotopic (exact) mass is 273 g/mol. The zero-order valence-electron chi connectivity index (χ0n) is 11.0. The molecule has 0 spiro atoms. The number of carbonyl (C=O) groups is 1. The van der Waals surface area contributed by atoms with Crippen molar-refractivity contribution in [2.24, 2.45) is 5.92 Å². The van der Waals surface area contributed by atoms with Crippen LogP contribution in [0.1, 0.15) is 19.4 Å². The Morgan fingerprint density at radius 2 is 1.89 bits per heavy atom. The number of aromatic hydroxyl groups is 1. The molecule has 0 aromatic heterocycles. The van der Waals surface area contributed by atoms with E-state index in [1.165, 1.54) is 7.11 Å². The quantitative estimate of drug-likeness (QED) is 0.805. The number of esters is 1. The lowest BCUT2D eigenvalue weighted by atomic mass is 10.0. The molecule has 0 heterocycles. The largest absolute Gasteiger partial charge is 0.503 e. The molecule has 1 unspecified atom stereocenters. The van der Waals surface area contributed by atoms with Gasteiger partial charge in [-0.1, -0.05) is 13.8 Å². The fourth-order valence-electron chi connectivity index (χ4n) is 1.67. The zero-order valence-corrected chi connectivity index (χ0v) is 11.0. The third kappa shape index (κ3) is 3.89. The predicted molar refractivity (Wildman–Crippen MR) is 65.5 cm³/mol. The van der Waals surface area contributed by atoms with Crippen molar-refractivity contribution in [3.8, 4) is 5.75 Å². The average Bonchev–Trinajstić information content (AvgIpc) is 2.35. The number of methoxy groups -OCH3 is 1. The second-order valence-corrected chi connectivity index (χ2v) is 4.53. The van der Waals surface area contributed by atoms with Crippen LogP contribution in [0.4, 0.5) is 8.78 Å². The van der Waals surface area contributed by atoms with E-state index in [1.807, 2.05) is 13.8 Å². The van der Waals surface area contributed by atoms with E-state index in [9.17, 15) is 13.6 Å². The predicted octanol–water partition coefficient (Wildman–Crippen LogP) is 1.96. The van der Waals surface area contributed by atoms with Gasteiger partial charge >= 0.3 is 5.97 Å². The third-order valence-corrected chi connectivity index (χ3v) is 2.72. The number of phenolic OH excluding ortho intramolecular Hbond substituents is 1. The van der Waals surface area contributed by atoms with Gasteiger partial charge in [-0.25, -0.2) is 8.78 Å². The summed E-state index contributed by atoms with van der Waals surface area (Å²) in [5, 5.41) is 11.8. The summed E-state index contributed by atoms with van der Waals surface area (Å²) in [6, 6.07) is 1.46. The van der Waals surface area contributed by atoms with E-state index in [4.69, 9.17) is 5.11 Å². The van der Waals surface area contributed by atoms with E-state index in [-0.39, 0.29) is 12.5 Å². The van der Waals surface area contributed by atoms with Gasteiger partial charge in [0.15, 0.2) is 17.4 Å². The first-order chi connectivity index (χ1) is 8.86. The number of phenols is 1. The Morgan fingerprint density at radius 1 is 1.37 bits per heavy atom. The van der Waals surface area contributed by atoms with Crippen molar-refractivity contribution in [1.82, 2.24) is 5.32 Å². The maximum atomic E-state index is 13.1. The van der Waals surface area contributed by atoms with Crippen LogP contribution in [-0.4, -0.2) is 24.2 Å². The van der Waals surface area contributed by atoms with Crippen LogP contribution in [0.5, 0.6) is 5.75 Å². The molecule has 19 heavy (non-hydrogen) atoms. The molecular formula is C13H17F2NO3. The van der Waals surface area contributed by atoms with Gasteiger partial charge in [0, 0.05) is 6.54 Å². The minimum Gasteiger partial charge on any atom is -0.503 e. The molecule has 2 N–H and O–H groups in total. The van der Waals surface area contributed by atoms with Crippen molar-refractivity contribution in [3.05, 3.63) is 29.3 Å². The van der Waals surface area contributed by atoms with Crippen molar-refractivity contribution in [3.63, 3.8) is 0 Å². The summed E-state index contributed by atoms with van der Waals surface area (Å²) in [6.07, 6.45) is 0. The highest BCUT2D eigenvalue weighted by Gasteiger charge is 2.22. The Labute approximate surface area is 110 Å². The van der Waals surface area contributed by atoms with Gasteiger partial charge in [0.05, 0.1) is 7.11 Å². The Hall–Kier alpha value is -1.69. The first-order valence-corrected chi connectivity index (χ1v) is 5.85. The van der Waals surface area contributed by atoms with Crippen molar-refractivity contribution in [1.29, 1.82) is 0 Å². The highest BCUT2D eigenvalue weighted by atomic mass is 19.1. The average molecular weight is 273 g/mol. The fraction of sp³-hybridized carbons (Fsp3) is 0.462. The molecule has 0 aliphatic carbocycles. The van der Waals surface area contributed by atoms with Crippen LogP contribution < -0.4 is 5.32 Å². The van der Waals surface area contributed by atoms with E-state index in [2.05, 4.69) is 10.1 Å². The molecule has 106 valence electrons. The molecule has 0 saturated heterocycles. The highest BCUT2D eigenvalue weighted by Crippen LogP contribution is 2.21. The van der Waals surface area contributed by atoms with Gasteiger partial charge in [-0.2, -0.15) is 0 Å². The third-order valence-electron chi connectivity index (χ3n) is 2.72. The number of hydrogen-bond donors (Lipinski definition) is 2. The second kappa shape index (κ2) is 6.47. The number of hydrogen-bond acceptors (Lipinski definition) is 4. The molecule has 0 saturated carbocycles. The van der Waals surface area contributed by atoms with E-state index < -0.39 is 29.4 Å². The molecule has 1 aromatic carbocycles. The molecule has 0 bridgehead atoms. The molecule has 0 aliphatic rings. The maximum absolute atomic E-state index is 13.1. The molecule has 1 aromatic rings. The van der Waals surface area contributed by atoms with E-state index in [1.54, 1.807) is 0 Å². The molecule has 0 amide bonds. The van der Waals surface area contributed by atoms with E-state index in [0.717, 1.165) is 12.1 Å².